The fourth-order valence-corrected chi connectivity index (χ4v) is 3.00. The molecule has 2 rings (SSSR count). The molecule has 1 N–H and O–H groups in total. The lowest BCUT2D eigenvalue weighted by Gasteiger charge is -2.06. The monoisotopic (exact) mass is 294 g/mol. The topological polar surface area (TPSA) is 76.7 Å². The number of rotatable bonds is 5. The number of carbonyl (C=O) groups is 1. The molecule has 0 saturated heterocycles. The molecule has 20 heavy (non-hydrogen) atoms. The van der Waals surface area contributed by atoms with Gasteiger partial charge in [0.1, 0.15) is 22.8 Å². The number of hydrogen-bond acceptors (Lipinski definition) is 4. The Hall–Kier alpha value is -2.08. The molecular weight excluding hydrogens is 280 g/mol. The predicted molar refractivity (Wildman–Crippen MR) is 73.5 cm³/mol. The van der Waals surface area contributed by atoms with Crippen LogP contribution in [-0.2, 0) is 16.6 Å². The molecule has 0 aliphatic carbocycles. The van der Waals surface area contributed by atoms with Crippen molar-refractivity contribution in [3.05, 3.63) is 47.4 Å². The molecule has 106 valence electrons. The number of para-hydroxylation sites is 1. The predicted octanol–water partition coefficient (Wildman–Crippen LogP) is 2.60. The maximum absolute atomic E-state index is 12.3. The second-order valence-corrected chi connectivity index (χ2v) is 5.55. The molecule has 1 atom stereocenters. The minimum atomic E-state index is -1.37. The molecule has 1 aromatic heterocycles. The second kappa shape index (κ2) is 5.92. The second-order valence-electron chi connectivity index (χ2n) is 4.13. The third kappa shape index (κ3) is 2.91. The summed E-state index contributed by atoms with van der Waals surface area (Å²) in [4.78, 5) is 11.5. The highest BCUT2D eigenvalue weighted by atomic mass is 32.2. The van der Waals surface area contributed by atoms with E-state index in [1.54, 1.807) is 31.2 Å². The normalized spacial score (nSPS) is 12.1. The number of benzene rings is 1. The molecule has 1 heterocycles. The molecule has 6 heteroatoms. The summed E-state index contributed by atoms with van der Waals surface area (Å²) in [5.41, 5.74) is 0.0945. The SMILES string of the molecule is COc1ccccc1S(=O)Cc1cc(C(=O)O)c(C)o1. The number of ether oxygens (including phenoxy) is 1. The van der Waals surface area contributed by atoms with Gasteiger partial charge in [0.05, 0.1) is 28.6 Å². The van der Waals surface area contributed by atoms with Gasteiger partial charge >= 0.3 is 5.97 Å². The average Bonchev–Trinajstić information content (AvgIpc) is 2.79. The quantitative estimate of drug-likeness (QED) is 0.917. The number of methoxy groups -OCH3 is 1. The van der Waals surface area contributed by atoms with Gasteiger partial charge in [-0.15, -0.1) is 0 Å². The Kier molecular flexibility index (Phi) is 4.24. The molecule has 0 fully saturated rings. The van der Waals surface area contributed by atoms with Crippen molar-refractivity contribution in [3.63, 3.8) is 0 Å². The van der Waals surface area contributed by atoms with Crippen LogP contribution in [0.4, 0.5) is 0 Å². The van der Waals surface area contributed by atoms with Crippen LogP contribution in [0.25, 0.3) is 0 Å². The van der Waals surface area contributed by atoms with Crippen molar-refractivity contribution >= 4 is 16.8 Å². The first-order valence-electron chi connectivity index (χ1n) is 5.87. The molecule has 5 nitrogen and oxygen atoms in total. The van der Waals surface area contributed by atoms with Crippen molar-refractivity contribution in [1.29, 1.82) is 0 Å². The lowest BCUT2D eigenvalue weighted by atomic mass is 10.2. The van der Waals surface area contributed by atoms with Crippen molar-refractivity contribution in [2.45, 2.75) is 17.6 Å². The van der Waals surface area contributed by atoms with Crippen LogP contribution < -0.4 is 4.74 Å². The summed E-state index contributed by atoms with van der Waals surface area (Å²) in [7, 11) is 0.144. The van der Waals surface area contributed by atoms with E-state index in [0.29, 0.717) is 22.2 Å². The van der Waals surface area contributed by atoms with E-state index in [4.69, 9.17) is 14.3 Å². The largest absolute Gasteiger partial charge is 0.495 e. The summed E-state index contributed by atoms with van der Waals surface area (Å²) in [6.45, 7) is 1.57. The smallest absolute Gasteiger partial charge is 0.339 e. The van der Waals surface area contributed by atoms with Gasteiger partial charge in [-0.1, -0.05) is 12.1 Å². The lowest BCUT2D eigenvalue weighted by Crippen LogP contribution is -1.99. The van der Waals surface area contributed by atoms with Crippen molar-refractivity contribution in [3.8, 4) is 5.75 Å². The zero-order valence-corrected chi connectivity index (χ0v) is 11.9. The van der Waals surface area contributed by atoms with Gasteiger partial charge in [-0.25, -0.2) is 4.79 Å². The summed E-state index contributed by atoms with van der Waals surface area (Å²) in [6.07, 6.45) is 0. The maximum Gasteiger partial charge on any atom is 0.339 e. The Morgan fingerprint density at radius 1 is 1.40 bits per heavy atom. The van der Waals surface area contributed by atoms with Gasteiger partial charge in [0.2, 0.25) is 0 Å². The highest BCUT2D eigenvalue weighted by Crippen LogP contribution is 2.24. The van der Waals surface area contributed by atoms with Gasteiger partial charge in [-0.3, -0.25) is 4.21 Å². The summed E-state index contributed by atoms with van der Waals surface area (Å²) < 4.78 is 22.8. The maximum atomic E-state index is 12.3. The van der Waals surface area contributed by atoms with E-state index in [9.17, 15) is 9.00 Å². The molecule has 0 aliphatic heterocycles. The third-order valence-corrected chi connectivity index (χ3v) is 4.16. The van der Waals surface area contributed by atoms with E-state index < -0.39 is 16.8 Å². The summed E-state index contributed by atoms with van der Waals surface area (Å²) in [5, 5.41) is 8.96. The Morgan fingerprint density at radius 3 is 2.70 bits per heavy atom. The van der Waals surface area contributed by atoms with Crippen LogP contribution in [0.2, 0.25) is 0 Å². The molecule has 1 aromatic carbocycles. The average molecular weight is 294 g/mol. The van der Waals surface area contributed by atoms with Gasteiger partial charge < -0.3 is 14.3 Å². The molecule has 0 radical (unpaired) electrons. The van der Waals surface area contributed by atoms with Crippen molar-refractivity contribution in [1.82, 2.24) is 0 Å². The Balaban J connectivity index is 2.24. The molecule has 0 bridgehead atoms. The summed E-state index contributed by atoms with van der Waals surface area (Å²) in [6, 6.07) is 8.40. The van der Waals surface area contributed by atoms with E-state index in [0.717, 1.165) is 0 Å². The van der Waals surface area contributed by atoms with E-state index >= 15 is 0 Å². The first-order chi connectivity index (χ1) is 9.52. The zero-order valence-electron chi connectivity index (χ0n) is 11.1. The molecule has 0 aliphatic rings. The molecule has 0 saturated carbocycles. The number of aryl methyl sites for hydroxylation is 1. The van der Waals surface area contributed by atoms with Crippen LogP contribution in [-0.4, -0.2) is 22.4 Å². The van der Waals surface area contributed by atoms with E-state index in [2.05, 4.69) is 0 Å². The third-order valence-electron chi connectivity index (χ3n) is 2.79. The summed E-state index contributed by atoms with van der Waals surface area (Å²) >= 11 is 0. The number of carboxylic acids is 1. The molecule has 0 spiro atoms. The molecule has 2 aromatic rings. The number of carboxylic acid groups (broad SMARTS) is 1. The minimum Gasteiger partial charge on any atom is -0.495 e. The Bertz CT molecular complexity index is 659. The minimum absolute atomic E-state index is 0.0945. The van der Waals surface area contributed by atoms with Crippen LogP contribution in [0, 0.1) is 6.92 Å². The first kappa shape index (κ1) is 14.3. The van der Waals surface area contributed by atoms with E-state index in [1.165, 1.54) is 13.2 Å². The standard InChI is InChI=1S/C14H14O5S/c1-9-11(14(15)16)7-10(19-9)8-20(17)13-6-4-3-5-12(13)18-2/h3-7H,8H2,1-2H3,(H,15,16). The van der Waals surface area contributed by atoms with E-state index in [1.807, 2.05) is 0 Å². The van der Waals surface area contributed by atoms with Gasteiger partial charge in [-0.05, 0) is 25.1 Å². The molecule has 1 unspecified atom stereocenters. The van der Waals surface area contributed by atoms with Gasteiger partial charge in [0, 0.05) is 0 Å². The van der Waals surface area contributed by atoms with Crippen molar-refractivity contribution < 1.29 is 23.3 Å². The van der Waals surface area contributed by atoms with Gasteiger partial charge in [0.25, 0.3) is 0 Å². The number of aromatic carboxylic acids is 1. The first-order valence-corrected chi connectivity index (χ1v) is 7.19. The summed E-state index contributed by atoms with van der Waals surface area (Å²) in [5.74, 6) is 0.274. The van der Waals surface area contributed by atoms with Crippen molar-refractivity contribution in [2.75, 3.05) is 7.11 Å². The zero-order chi connectivity index (χ0) is 14.7. The van der Waals surface area contributed by atoms with E-state index in [-0.39, 0.29) is 11.3 Å². The molecular formula is C14H14O5S. The van der Waals surface area contributed by atoms with Crippen LogP contribution in [0.3, 0.4) is 0 Å². The number of furan rings is 1. The Labute approximate surface area is 118 Å². The fourth-order valence-electron chi connectivity index (χ4n) is 1.84. The van der Waals surface area contributed by atoms with Gasteiger partial charge in [0.15, 0.2) is 0 Å². The van der Waals surface area contributed by atoms with Crippen LogP contribution >= 0.6 is 0 Å². The van der Waals surface area contributed by atoms with Crippen LogP contribution in [0.5, 0.6) is 5.75 Å². The number of hydrogen-bond donors (Lipinski definition) is 1. The highest BCUT2D eigenvalue weighted by Gasteiger charge is 2.17. The lowest BCUT2D eigenvalue weighted by molar-refractivity contribution is 0.0695. The molecule has 0 amide bonds. The van der Waals surface area contributed by atoms with Gasteiger partial charge in [-0.2, -0.15) is 0 Å². The van der Waals surface area contributed by atoms with Crippen LogP contribution in [0.1, 0.15) is 21.9 Å². The van der Waals surface area contributed by atoms with Crippen LogP contribution in [0.15, 0.2) is 39.6 Å². The van der Waals surface area contributed by atoms with Crippen molar-refractivity contribution in [2.24, 2.45) is 0 Å². The highest BCUT2D eigenvalue weighted by molar-refractivity contribution is 7.84. The fraction of sp³-hybridized carbons (Fsp3) is 0.214. The Morgan fingerprint density at radius 2 is 2.10 bits per heavy atom.